The molecule has 3 aromatic rings. The highest BCUT2D eigenvalue weighted by Crippen LogP contribution is 2.29. The average molecular weight is 365 g/mol. The number of aromatic amines is 1. The van der Waals surface area contributed by atoms with Crippen molar-refractivity contribution in [3.8, 4) is 22.9 Å². The van der Waals surface area contributed by atoms with Crippen molar-refractivity contribution in [1.29, 1.82) is 0 Å². The predicted octanol–water partition coefficient (Wildman–Crippen LogP) is 2.87. The number of fused-ring (bicyclic) bond motifs is 1. The summed E-state index contributed by atoms with van der Waals surface area (Å²) in [5.41, 5.74) is 3.76. The normalized spacial score (nSPS) is 15.6. The van der Waals surface area contributed by atoms with Crippen LogP contribution in [0.3, 0.4) is 0 Å². The van der Waals surface area contributed by atoms with Gasteiger partial charge in [-0.15, -0.1) is 0 Å². The monoisotopic (exact) mass is 365 g/mol. The van der Waals surface area contributed by atoms with Crippen LogP contribution in [0.4, 0.5) is 0 Å². The zero-order valence-electron chi connectivity index (χ0n) is 14.6. The molecule has 0 radical (unpaired) electrons. The van der Waals surface area contributed by atoms with Crippen LogP contribution >= 0.6 is 0 Å². The van der Waals surface area contributed by atoms with E-state index in [1.54, 1.807) is 12.4 Å². The second-order valence-electron chi connectivity index (χ2n) is 6.37. The molecule has 2 N–H and O–H groups in total. The largest absolute Gasteiger partial charge is 0.492 e. The molecule has 0 saturated heterocycles. The molecule has 27 heavy (non-hydrogen) atoms. The van der Waals surface area contributed by atoms with Crippen LogP contribution in [0.15, 0.2) is 48.8 Å². The summed E-state index contributed by atoms with van der Waals surface area (Å²) in [6.45, 7) is 0.492. The number of carboxylic acids is 1. The van der Waals surface area contributed by atoms with Crippen molar-refractivity contribution in [2.45, 2.75) is 25.4 Å². The number of hydrogen-bond acceptors (Lipinski definition) is 5. The minimum absolute atomic E-state index is 0.492. The van der Waals surface area contributed by atoms with Gasteiger partial charge in [-0.25, -0.2) is 4.79 Å². The highest BCUT2D eigenvalue weighted by atomic mass is 16.5. The standard InChI is InChI=1S/C20H19N3O4/c24-20(25)18-6-3-14-2-1-13(11-19(14)27-18)8-10-26-15-4-5-16(21-12-15)17-7-9-22-23-17/h1-2,4-5,7,9,11-12,18H,3,6,8,10H2,(H,22,23)(H,24,25)/t18-/m1/s1. The molecular formula is C20H19N3O4. The molecule has 1 aliphatic rings. The molecule has 1 atom stereocenters. The first-order chi connectivity index (χ1) is 13.2. The van der Waals surface area contributed by atoms with Crippen molar-refractivity contribution in [1.82, 2.24) is 15.2 Å². The molecule has 138 valence electrons. The van der Waals surface area contributed by atoms with Crippen LogP contribution < -0.4 is 9.47 Å². The van der Waals surface area contributed by atoms with Crippen LogP contribution in [0.25, 0.3) is 11.4 Å². The minimum Gasteiger partial charge on any atom is -0.492 e. The van der Waals surface area contributed by atoms with Crippen molar-refractivity contribution in [2.75, 3.05) is 6.61 Å². The number of pyridine rings is 1. The lowest BCUT2D eigenvalue weighted by atomic mass is 9.99. The lowest BCUT2D eigenvalue weighted by molar-refractivity contribution is -0.145. The van der Waals surface area contributed by atoms with Crippen LogP contribution in [0.1, 0.15) is 17.5 Å². The first-order valence-corrected chi connectivity index (χ1v) is 8.79. The Labute approximate surface area is 156 Å². The number of carboxylic acid groups (broad SMARTS) is 1. The quantitative estimate of drug-likeness (QED) is 0.697. The summed E-state index contributed by atoms with van der Waals surface area (Å²) < 4.78 is 11.4. The number of benzene rings is 1. The predicted molar refractivity (Wildman–Crippen MR) is 97.8 cm³/mol. The van der Waals surface area contributed by atoms with E-state index in [1.165, 1.54) is 0 Å². The molecule has 7 nitrogen and oxygen atoms in total. The first kappa shape index (κ1) is 17.1. The van der Waals surface area contributed by atoms with Gasteiger partial charge in [-0.2, -0.15) is 5.10 Å². The van der Waals surface area contributed by atoms with Crippen molar-refractivity contribution in [3.05, 3.63) is 59.9 Å². The van der Waals surface area contributed by atoms with E-state index in [-0.39, 0.29) is 0 Å². The number of aryl methyl sites for hydroxylation is 1. The Balaban J connectivity index is 1.34. The first-order valence-electron chi connectivity index (χ1n) is 8.79. The average Bonchev–Trinajstić information content (AvgIpc) is 3.23. The van der Waals surface area contributed by atoms with Gasteiger partial charge in [0.2, 0.25) is 0 Å². The third-order valence-electron chi connectivity index (χ3n) is 4.52. The number of nitrogens with zero attached hydrogens (tertiary/aromatic N) is 2. The van der Waals surface area contributed by atoms with E-state index < -0.39 is 12.1 Å². The molecule has 7 heteroatoms. The van der Waals surface area contributed by atoms with Gasteiger partial charge in [-0.1, -0.05) is 12.1 Å². The Hall–Kier alpha value is -3.35. The van der Waals surface area contributed by atoms with Crippen molar-refractivity contribution >= 4 is 5.97 Å². The second-order valence-corrected chi connectivity index (χ2v) is 6.37. The third-order valence-corrected chi connectivity index (χ3v) is 4.52. The number of aromatic nitrogens is 3. The fraction of sp³-hybridized carbons (Fsp3) is 0.250. The number of nitrogens with one attached hydrogen (secondary N) is 1. The van der Waals surface area contributed by atoms with Crippen LogP contribution in [-0.4, -0.2) is 39.0 Å². The number of rotatable bonds is 6. The van der Waals surface area contributed by atoms with Gasteiger partial charge in [-0.05, 0) is 48.2 Å². The summed E-state index contributed by atoms with van der Waals surface area (Å²) in [6.07, 6.45) is 4.52. The Bertz CT molecular complexity index is 923. The van der Waals surface area contributed by atoms with E-state index in [1.807, 2.05) is 36.4 Å². The van der Waals surface area contributed by atoms with Crippen LogP contribution in [0.5, 0.6) is 11.5 Å². The molecular weight excluding hydrogens is 346 g/mol. The number of aliphatic carboxylic acids is 1. The van der Waals surface area contributed by atoms with E-state index in [4.69, 9.17) is 14.6 Å². The summed E-state index contributed by atoms with van der Waals surface area (Å²) in [6, 6.07) is 11.6. The summed E-state index contributed by atoms with van der Waals surface area (Å²) >= 11 is 0. The molecule has 0 unspecified atom stereocenters. The maximum atomic E-state index is 11.1. The Morgan fingerprint density at radius 2 is 2.22 bits per heavy atom. The molecule has 2 aromatic heterocycles. The smallest absolute Gasteiger partial charge is 0.344 e. The van der Waals surface area contributed by atoms with Gasteiger partial charge < -0.3 is 14.6 Å². The number of carbonyl (C=O) groups is 1. The molecule has 0 amide bonds. The van der Waals surface area contributed by atoms with Gasteiger partial charge in [0.1, 0.15) is 11.5 Å². The fourth-order valence-corrected chi connectivity index (χ4v) is 3.05. The summed E-state index contributed by atoms with van der Waals surface area (Å²) in [4.78, 5) is 15.5. The van der Waals surface area contributed by atoms with E-state index in [2.05, 4.69) is 15.2 Å². The van der Waals surface area contributed by atoms with Gasteiger partial charge in [-0.3, -0.25) is 10.1 Å². The lowest BCUT2D eigenvalue weighted by Gasteiger charge is -2.23. The summed E-state index contributed by atoms with van der Waals surface area (Å²) in [5.74, 6) is 0.440. The van der Waals surface area contributed by atoms with E-state index in [0.717, 1.165) is 28.9 Å². The number of H-pyrrole nitrogens is 1. The van der Waals surface area contributed by atoms with Crippen molar-refractivity contribution in [2.24, 2.45) is 0 Å². The molecule has 0 aliphatic carbocycles. The van der Waals surface area contributed by atoms with Crippen molar-refractivity contribution in [3.63, 3.8) is 0 Å². The molecule has 0 saturated carbocycles. The summed E-state index contributed by atoms with van der Waals surface area (Å²) in [5, 5.41) is 15.9. The Morgan fingerprint density at radius 1 is 1.30 bits per heavy atom. The van der Waals surface area contributed by atoms with Crippen LogP contribution in [-0.2, 0) is 17.6 Å². The molecule has 0 fully saturated rings. The molecule has 3 heterocycles. The highest BCUT2D eigenvalue weighted by molar-refractivity contribution is 5.73. The Morgan fingerprint density at radius 3 is 2.96 bits per heavy atom. The minimum atomic E-state index is -0.916. The topological polar surface area (TPSA) is 97.3 Å². The van der Waals surface area contributed by atoms with Gasteiger partial charge in [0.25, 0.3) is 0 Å². The maximum Gasteiger partial charge on any atom is 0.344 e. The molecule has 0 spiro atoms. The van der Waals surface area contributed by atoms with E-state index >= 15 is 0 Å². The SMILES string of the molecule is O=C(O)[C@H]1CCc2ccc(CCOc3ccc(-c4ccn[nH]4)nc3)cc2O1. The second kappa shape index (κ2) is 7.49. The van der Waals surface area contributed by atoms with E-state index in [0.29, 0.717) is 30.9 Å². The van der Waals surface area contributed by atoms with Gasteiger partial charge in [0.05, 0.1) is 24.2 Å². The van der Waals surface area contributed by atoms with Gasteiger partial charge in [0.15, 0.2) is 6.10 Å². The number of ether oxygens (including phenoxy) is 2. The fourth-order valence-electron chi connectivity index (χ4n) is 3.05. The molecule has 1 aromatic carbocycles. The lowest BCUT2D eigenvalue weighted by Crippen LogP contribution is -2.30. The van der Waals surface area contributed by atoms with Gasteiger partial charge in [0, 0.05) is 12.6 Å². The molecule has 1 aliphatic heterocycles. The Kier molecular flexibility index (Phi) is 4.74. The molecule has 4 rings (SSSR count). The summed E-state index contributed by atoms with van der Waals surface area (Å²) in [7, 11) is 0. The number of hydrogen-bond donors (Lipinski definition) is 2. The van der Waals surface area contributed by atoms with Crippen LogP contribution in [0.2, 0.25) is 0 Å². The third kappa shape index (κ3) is 3.92. The maximum absolute atomic E-state index is 11.1. The zero-order chi connectivity index (χ0) is 18.6. The highest BCUT2D eigenvalue weighted by Gasteiger charge is 2.25. The molecule has 0 bridgehead atoms. The zero-order valence-corrected chi connectivity index (χ0v) is 14.6. The van der Waals surface area contributed by atoms with E-state index in [9.17, 15) is 4.79 Å². The van der Waals surface area contributed by atoms with Gasteiger partial charge >= 0.3 is 5.97 Å². The van der Waals surface area contributed by atoms with Crippen molar-refractivity contribution < 1.29 is 19.4 Å². The van der Waals surface area contributed by atoms with Crippen LogP contribution in [0, 0.1) is 0 Å².